The first-order chi connectivity index (χ1) is 21.5. The minimum absolute atomic E-state index is 0.0340. The summed E-state index contributed by atoms with van der Waals surface area (Å²) in [5, 5.41) is 36.0. The fraction of sp³-hybridized carbons (Fsp3) is 0.467. The van der Waals surface area contributed by atoms with Gasteiger partial charge in [0.1, 0.15) is 17.6 Å². The molecule has 0 aliphatic rings. The van der Waals surface area contributed by atoms with E-state index in [0.29, 0.717) is 23.5 Å². The lowest BCUT2D eigenvalue weighted by molar-refractivity contribution is -0.168. The van der Waals surface area contributed by atoms with E-state index in [2.05, 4.69) is 16.0 Å². The van der Waals surface area contributed by atoms with Gasteiger partial charge in [-0.15, -0.1) is 0 Å². The molecule has 3 atom stereocenters. The molecule has 0 unspecified atom stereocenters. The summed E-state index contributed by atoms with van der Waals surface area (Å²) in [6.45, 7) is 5.36. The van der Waals surface area contributed by atoms with Gasteiger partial charge in [-0.3, -0.25) is 29.2 Å². The lowest BCUT2D eigenvalue weighted by Gasteiger charge is -2.29. The van der Waals surface area contributed by atoms with Gasteiger partial charge in [0.25, 0.3) is 11.8 Å². The van der Waals surface area contributed by atoms with Crippen LogP contribution in [0, 0.1) is 5.92 Å². The Labute approximate surface area is 259 Å². The zero-order valence-corrected chi connectivity index (χ0v) is 25.4. The zero-order chi connectivity index (χ0) is 33.5. The van der Waals surface area contributed by atoms with Crippen molar-refractivity contribution in [3.63, 3.8) is 0 Å². The number of carbonyl (C=O) groups is 6. The maximum atomic E-state index is 12.9. The second kappa shape index (κ2) is 18.0. The molecule has 0 radical (unpaired) electrons. The standard InChI is InChI=1S/C30H40N4O11/c1-4-7-8-9-19(22(5-2)34(43)17-35)27(38)31-16-32-29(40)24-13-12-23(45-24)18-10-11-20(25(14-18)44-6-3)28(39)33-21(30(41)42)15-26(36)37/h10-14,17,19,21-22,43H,4-9,15-16H2,1-3H3,(H,31,38)(H,32,40)(H,33,39)(H,36,37)(H,41,42)/t19-,21+,22-/m1/s1. The second-order valence-electron chi connectivity index (χ2n) is 10.1. The molecule has 6 N–H and O–H groups in total. The Morgan fingerprint density at radius 1 is 1.00 bits per heavy atom. The van der Waals surface area contributed by atoms with Gasteiger partial charge in [-0.1, -0.05) is 39.2 Å². The SMILES string of the molecule is CCCCC[C@@H](C(=O)NCNC(=O)c1ccc(-c2ccc(C(=O)N[C@@H](CC(=O)O)C(=O)O)c(OCC)c2)o1)[C@@H](CC)N(O)C=O. The molecular formula is C30H40N4O11. The summed E-state index contributed by atoms with van der Waals surface area (Å²) < 4.78 is 11.2. The number of carboxylic acid groups (broad SMARTS) is 2. The van der Waals surface area contributed by atoms with Crippen molar-refractivity contribution < 1.29 is 53.3 Å². The highest BCUT2D eigenvalue weighted by molar-refractivity contribution is 6.00. The van der Waals surface area contributed by atoms with Crippen LogP contribution in [0.2, 0.25) is 0 Å². The fourth-order valence-electron chi connectivity index (χ4n) is 4.64. The van der Waals surface area contributed by atoms with E-state index in [1.165, 1.54) is 30.3 Å². The summed E-state index contributed by atoms with van der Waals surface area (Å²) in [4.78, 5) is 71.9. The molecule has 246 valence electrons. The van der Waals surface area contributed by atoms with Gasteiger partial charge >= 0.3 is 11.9 Å². The average Bonchev–Trinajstić information content (AvgIpc) is 3.50. The van der Waals surface area contributed by atoms with Crippen LogP contribution in [0.25, 0.3) is 11.3 Å². The highest BCUT2D eigenvalue weighted by Crippen LogP contribution is 2.29. The van der Waals surface area contributed by atoms with Crippen molar-refractivity contribution in [2.75, 3.05) is 13.3 Å². The van der Waals surface area contributed by atoms with Gasteiger partial charge in [-0.25, -0.2) is 9.86 Å². The second-order valence-corrected chi connectivity index (χ2v) is 10.1. The quantitative estimate of drug-likeness (QED) is 0.0409. The minimum atomic E-state index is -1.65. The molecule has 15 heteroatoms. The van der Waals surface area contributed by atoms with Crippen LogP contribution in [-0.4, -0.2) is 81.9 Å². The van der Waals surface area contributed by atoms with E-state index < -0.39 is 54.1 Å². The molecule has 0 spiro atoms. The maximum Gasteiger partial charge on any atom is 0.326 e. The predicted molar refractivity (Wildman–Crippen MR) is 158 cm³/mol. The number of unbranched alkanes of at least 4 members (excludes halogenated alkanes) is 2. The smallest absolute Gasteiger partial charge is 0.326 e. The summed E-state index contributed by atoms with van der Waals surface area (Å²) in [5.41, 5.74) is 0.389. The highest BCUT2D eigenvalue weighted by atomic mass is 16.5. The minimum Gasteiger partial charge on any atom is -0.493 e. The van der Waals surface area contributed by atoms with Crippen LogP contribution in [0.4, 0.5) is 0 Å². The van der Waals surface area contributed by atoms with E-state index in [0.717, 1.165) is 19.3 Å². The van der Waals surface area contributed by atoms with E-state index in [4.69, 9.17) is 14.3 Å². The molecule has 1 aromatic heterocycles. The van der Waals surface area contributed by atoms with Crippen LogP contribution in [0.5, 0.6) is 5.75 Å². The Balaban J connectivity index is 2.11. The van der Waals surface area contributed by atoms with E-state index in [-0.39, 0.29) is 42.5 Å². The third-order valence-electron chi connectivity index (χ3n) is 6.92. The van der Waals surface area contributed by atoms with E-state index in [1.807, 2.05) is 6.92 Å². The van der Waals surface area contributed by atoms with Gasteiger partial charge in [0, 0.05) is 5.56 Å². The number of carbonyl (C=O) groups excluding carboxylic acids is 4. The van der Waals surface area contributed by atoms with Crippen molar-refractivity contribution >= 4 is 36.1 Å². The lowest BCUT2D eigenvalue weighted by Crippen LogP contribution is -2.47. The largest absolute Gasteiger partial charge is 0.493 e. The Morgan fingerprint density at radius 2 is 1.73 bits per heavy atom. The van der Waals surface area contributed by atoms with E-state index in [1.54, 1.807) is 13.8 Å². The topological polar surface area (TPSA) is 225 Å². The number of hydrogen-bond donors (Lipinski definition) is 6. The summed E-state index contributed by atoms with van der Waals surface area (Å²) >= 11 is 0. The molecule has 2 rings (SSSR count). The Morgan fingerprint density at radius 3 is 2.33 bits per heavy atom. The Bertz CT molecular complexity index is 1340. The van der Waals surface area contributed by atoms with Crippen molar-refractivity contribution in [3.8, 4) is 17.1 Å². The first kappa shape index (κ1) is 36.3. The van der Waals surface area contributed by atoms with Crippen LogP contribution >= 0.6 is 0 Å². The number of rotatable bonds is 20. The Kier molecular flexibility index (Phi) is 14.5. The van der Waals surface area contributed by atoms with Gasteiger partial charge in [0.2, 0.25) is 12.3 Å². The molecule has 0 fully saturated rings. The van der Waals surface area contributed by atoms with Crippen LogP contribution in [0.15, 0.2) is 34.7 Å². The van der Waals surface area contributed by atoms with E-state index >= 15 is 0 Å². The molecule has 0 saturated heterocycles. The van der Waals surface area contributed by atoms with Crippen molar-refractivity contribution in [2.45, 2.75) is 71.4 Å². The van der Waals surface area contributed by atoms with Gasteiger partial charge in [-0.2, -0.15) is 0 Å². The molecule has 0 aliphatic carbocycles. The number of benzene rings is 1. The van der Waals surface area contributed by atoms with Crippen LogP contribution in [-0.2, 0) is 19.2 Å². The van der Waals surface area contributed by atoms with Gasteiger partial charge in [-0.05, 0) is 44.0 Å². The number of nitrogens with one attached hydrogen (secondary N) is 3. The lowest BCUT2D eigenvalue weighted by atomic mass is 9.90. The molecule has 1 aromatic carbocycles. The van der Waals surface area contributed by atoms with Crippen molar-refractivity contribution in [3.05, 3.63) is 41.7 Å². The van der Waals surface area contributed by atoms with Gasteiger partial charge in [0.05, 0.1) is 37.2 Å². The number of furan rings is 1. The van der Waals surface area contributed by atoms with Gasteiger partial charge < -0.3 is 35.3 Å². The maximum absolute atomic E-state index is 12.9. The summed E-state index contributed by atoms with van der Waals surface area (Å²) in [5.74, 6) is -5.25. The summed E-state index contributed by atoms with van der Waals surface area (Å²) in [6.07, 6.45) is 2.78. The highest BCUT2D eigenvalue weighted by Gasteiger charge is 2.31. The molecule has 2 aromatic rings. The van der Waals surface area contributed by atoms with Gasteiger partial charge in [0.15, 0.2) is 5.76 Å². The third kappa shape index (κ3) is 10.6. The third-order valence-corrected chi connectivity index (χ3v) is 6.92. The first-order valence-corrected chi connectivity index (χ1v) is 14.6. The molecule has 45 heavy (non-hydrogen) atoms. The van der Waals surface area contributed by atoms with Crippen LogP contribution in [0.3, 0.4) is 0 Å². The zero-order valence-electron chi connectivity index (χ0n) is 25.4. The molecule has 0 saturated carbocycles. The molecule has 0 aliphatic heterocycles. The van der Waals surface area contributed by atoms with E-state index in [9.17, 15) is 39.1 Å². The Hall–Kier alpha value is -4.92. The number of aliphatic carboxylic acids is 2. The molecule has 0 bridgehead atoms. The number of hydroxylamine groups is 2. The fourth-order valence-corrected chi connectivity index (χ4v) is 4.64. The van der Waals surface area contributed by atoms with Crippen molar-refractivity contribution in [1.82, 2.24) is 21.0 Å². The average molecular weight is 633 g/mol. The number of amides is 4. The number of nitrogens with zero attached hydrogens (tertiary/aromatic N) is 1. The number of ether oxygens (including phenoxy) is 1. The first-order valence-electron chi connectivity index (χ1n) is 14.6. The molecule has 1 heterocycles. The molecule has 4 amide bonds. The van der Waals surface area contributed by atoms with Crippen LogP contribution in [0.1, 0.15) is 80.2 Å². The summed E-state index contributed by atoms with van der Waals surface area (Å²) in [7, 11) is 0. The van der Waals surface area contributed by atoms with Crippen molar-refractivity contribution in [2.24, 2.45) is 5.92 Å². The molecule has 15 nitrogen and oxygen atoms in total. The van der Waals surface area contributed by atoms with Crippen LogP contribution < -0.4 is 20.7 Å². The monoisotopic (exact) mass is 632 g/mol. The summed E-state index contributed by atoms with van der Waals surface area (Å²) in [6, 6.07) is 4.84. The number of carboxylic acids is 2. The normalized spacial score (nSPS) is 12.7. The predicted octanol–water partition coefficient (Wildman–Crippen LogP) is 2.63. The molecular weight excluding hydrogens is 592 g/mol. The van der Waals surface area contributed by atoms with Crippen molar-refractivity contribution in [1.29, 1.82) is 0 Å². The number of hydrogen-bond acceptors (Lipinski definition) is 9.